The number of carbonyl (C=O) groups is 3. The van der Waals surface area contributed by atoms with Gasteiger partial charge in [0.15, 0.2) is 0 Å². The van der Waals surface area contributed by atoms with Crippen LogP contribution in [0, 0.1) is 0 Å². The van der Waals surface area contributed by atoms with Gasteiger partial charge in [0.2, 0.25) is 5.91 Å². The van der Waals surface area contributed by atoms with E-state index in [1.807, 2.05) is 6.92 Å². The third-order valence-corrected chi connectivity index (χ3v) is 2.41. The van der Waals surface area contributed by atoms with Crippen molar-refractivity contribution in [1.82, 2.24) is 10.2 Å². The molecule has 2 N–H and O–H groups in total. The molecule has 0 aliphatic rings. The van der Waals surface area contributed by atoms with Crippen LogP contribution < -0.4 is 5.32 Å². The Morgan fingerprint density at radius 3 is 2.42 bits per heavy atom. The van der Waals surface area contributed by atoms with Crippen LogP contribution in [-0.2, 0) is 14.3 Å². The normalized spacial score (nSPS) is 10.0. The number of ether oxygens (including phenoxy) is 1. The second-order valence-electron chi connectivity index (χ2n) is 4.07. The number of aliphatic carboxylic acids is 1. The van der Waals surface area contributed by atoms with Crippen LogP contribution in [0.5, 0.6) is 0 Å². The molecule has 0 aliphatic carbocycles. The average molecular weight is 274 g/mol. The fourth-order valence-electron chi connectivity index (χ4n) is 1.29. The number of carbonyl (C=O) groups excluding carboxylic acids is 2. The first kappa shape index (κ1) is 17.4. The summed E-state index contributed by atoms with van der Waals surface area (Å²) >= 11 is 0. The number of urea groups is 1. The summed E-state index contributed by atoms with van der Waals surface area (Å²) in [6, 6.07) is -0.470. The van der Waals surface area contributed by atoms with Gasteiger partial charge in [-0.3, -0.25) is 14.9 Å². The lowest BCUT2D eigenvalue weighted by Gasteiger charge is -2.16. The van der Waals surface area contributed by atoms with E-state index in [2.05, 4.69) is 5.32 Å². The molecule has 0 fully saturated rings. The summed E-state index contributed by atoms with van der Waals surface area (Å²) in [7, 11) is 1.58. The molecule has 0 heterocycles. The van der Waals surface area contributed by atoms with Gasteiger partial charge in [-0.25, -0.2) is 4.79 Å². The van der Waals surface area contributed by atoms with Crippen LogP contribution in [0.25, 0.3) is 0 Å². The van der Waals surface area contributed by atoms with Gasteiger partial charge in [0.1, 0.15) is 0 Å². The van der Waals surface area contributed by atoms with Gasteiger partial charge in [0.25, 0.3) is 0 Å². The molecule has 110 valence electrons. The number of carboxylic acid groups (broad SMARTS) is 1. The van der Waals surface area contributed by atoms with Crippen LogP contribution in [0.1, 0.15) is 32.6 Å². The zero-order chi connectivity index (χ0) is 14.7. The summed E-state index contributed by atoms with van der Waals surface area (Å²) in [5.41, 5.74) is 0. The van der Waals surface area contributed by atoms with E-state index in [9.17, 15) is 14.4 Å². The first-order valence-electron chi connectivity index (χ1n) is 6.31. The smallest absolute Gasteiger partial charge is 0.323 e. The highest BCUT2D eigenvalue weighted by atomic mass is 16.5. The summed E-state index contributed by atoms with van der Waals surface area (Å²) in [4.78, 5) is 34.6. The van der Waals surface area contributed by atoms with Gasteiger partial charge in [-0.1, -0.05) is 0 Å². The Balaban J connectivity index is 3.73. The first-order chi connectivity index (χ1) is 8.97. The molecule has 0 spiro atoms. The second kappa shape index (κ2) is 10.3. The van der Waals surface area contributed by atoms with E-state index in [4.69, 9.17) is 9.84 Å². The first-order valence-corrected chi connectivity index (χ1v) is 6.31. The molecule has 0 aromatic heterocycles. The largest absolute Gasteiger partial charge is 0.481 e. The number of likely N-dealkylation sites (N-methyl/N-ethyl adjacent to an activating group) is 1. The van der Waals surface area contributed by atoms with Crippen molar-refractivity contribution in [3.05, 3.63) is 0 Å². The Bertz CT molecular complexity index is 306. The maximum atomic E-state index is 11.5. The average Bonchev–Trinajstić information content (AvgIpc) is 2.34. The number of hydrogen-bond acceptors (Lipinski definition) is 4. The fraction of sp³-hybridized carbons (Fsp3) is 0.750. The molecule has 0 aromatic carbocycles. The monoisotopic (exact) mass is 274 g/mol. The van der Waals surface area contributed by atoms with Gasteiger partial charge in [-0.05, 0) is 19.8 Å². The number of rotatable bonds is 9. The molecule has 7 nitrogen and oxygen atoms in total. The minimum absolute atomic E-state index is 0.0372. The van der Waals surface area contributed by atoms with Crippen LogP contribution in [0.4, 0.5) is 4.79 Å². The summed E-state index contributed by atoms with van der Waals surface area (Å²) in [6.45, 7) is 3.28. The van der Waals surface area contributed by atoms with Crippen molar-refractivity contribution in [1.29, 1.82) is 0 Å². The van der Waals surface area contributed by atoms with Crippen molar-refractivity contribution >= 4 is 17.9 Å². The lowest BCUT2D eigenvalue weighted by Crippen LogP contribution is -2.42. The number of hydrogen-bond donors (Lipinski definition) is 2. The topological polar surface area (TPSA) is 95.9 Å². The number of nitrogens with one attached hydrogen (secondary N) is 1. The summed E-state index contributed by atoms with van der Waals surface area (Å²) in [6.07, 6.45) is 1.07. The van der Waals surface area contributed by atoms with Crippen LogP contribution in [0.15, 0.2) is 0 Å². The molecule has 0 saturated heterocycles. The molecular weight excluding hydrogens is 252 g/mol. The van der Waals surface area contributed by atoms with E-state index in [-0.39, 0.29) is 12.8 Å². The highest BCUT2D eigenvalue weighted by molar-refractivity contribution is 5.94. The van der Waals surface area contributed by atoms with Crippen molar-refractivity contribution in [2.45, 2.75) is 32.6 Å². The minimum Gasteiger partial charge on any atom is -0.481 e. The third kappa shape index (κ3) is 10.0. The van der Waals surface area contributed by atoms with Crippen molar-refractivity contribution in [3.8, 4) is 0 Å². The van der Waals surface area contributed by atoms with Crippen molar-refractivity contribution in [3.63, 3.8) is 0 Å². The highest BCUT2D eigenvalue weighted by Gasteiger charge is 2.12. The van der Waals surface area contributed by atoms with Gasteiger partial charge < -0.3 is 14.7 Å². The minimum atomic E-state index is -0.882. The maximum absolute atomic E-state index is 11.5. The molecule has 0 rings (SSSR count). The lowest BCUT2D eigenvalue weighted by molar-refractivity contribution is -0.137. The molecule has 3 amide bonds. The molecule has 0 atom stereocenters. The Kier molecular flexibility index (Phi) is 9.42. The van der Waals surface area contributed by atoms with Gasteiger partial charge in [0, 0.05) is 33.0 Å². The molecule has 0 bridgehead atoms. The molecule has 0 radical (unpaired) electrons. The maximum Gasteiger partial charge on any atom is 0.323 e. The van der Waals surface area contributed by atoms with Crippen LogP contribution in [0.2, 0.25) is 0 Å². The quantitative estimate of drug-likeness (QED) is 0.607. The van der Waals surface area contributed by atoms with Crippen molar-refractivity contribution in [2.24, 2.45) is 0 Å². The zero-order valence-corrected chi connectivity index (χ0v) is 11.5. The van der Waals surface area contributed by atoms with E-state index in [1.165, 1.54) is 4.90 Å². The zero-order valence-electron chi connectivity index (χ0n) is 11.5. The predicted octanol–water partition coefficient (Wildman–Crippen LogP) is 0.836. The number of imide groups is 1. The molecule has 7 heteroatoms. The van der Waals surface area contributed by atoms with Crippen LogP contribution >= 0.6 is 0 Å². The Morgan fingerprint density at radius 2 is 1.84 bits per heavy atom. The number of unbranched alkanes of at least 4 members (excludes halogenated alkanes) is 1. The number of nitrogens with zero attached hydrogens (tertiary/aromatic N) is 1. The number of carboxylic acids is 1. The SMILES string of the molecule is CCOCCN(C)C(=O)NC(=O)CCCCC(=O)O. The van der Waals surface area contributed by atoms with E-state index in [0.29, 0.717) is 32.6 Å². The molecular formula is C12H22N2O5. The standard InChI is InChI=1S/C12H22N2O5/c1-3-19-9-8-14(2)12(18)13-10(15)6-4-5-7-11(16)17/h3-9H2,1-2H3,(H,16,17)(H,13,15,18). The van der Waals surface area contributed by atoms with E-state index in [1.54, 1.807) is 7.05 Å². The summed E-state index contributed by atoms with van der Waals surface area (Å²) in [5, 5.41) is 10.7. The second-order valence-corrected chi connectivity index (χ2v) is 4.07. The number of amides is 3. The molecule has 0 unspecified atom stereocenters. The molecule has 0 aliphatic heterocycles. The molecule has 19 heavy (non-hydrogen) atoms. The summed E-state index contributed by atoms with van der Waals surface area (Å²) < 4.78 is 5.10. The van der Waals surface area contributed by atoms with Gasteiger partial charge >= 0.3 is 12.0 Å². The van der Waals surface area contributed by atoms with Crippen LogP contribution in [-0.4, -0.2) is 54.7 Å². The van der Waals surface area contributed by atoms with E-state index < -0.39 is 17.9 Å². The van der Waals surface area contributed by atoms with Crippen LogP contribution in [0.3, 0.4) is 0 Å². The van der Waals surface area contributed by atoms with Gasteiger partial charge in [0.05, 0.1) is 6.61 Å². The van der Waals surface area contributed by atoms with Gasteiger partial charge in [-0.2, -0.15) is 0 Å². The highest BCUT2D eigenvalue weighted by Crippen LogP contribution is 1.99. The predicted molar refractivity (Wildman–Crippen MR) is 68.8 cm³/mol. The van der Waals surface area contributed by atoms with E-state index in [0.717, 1.165) is 0 Å². The molecule has 0 aromatic rings. The van der Waals surface area contributed by atoms with E-state index >= 15 is 0 Å². The summed E-state index contributed by atoms with van der Waals surface area (Å²) in [5.74, 6) is -1.27. The fourth-order valence-corrected chi connectivity index (χ4v) is 1.29. The van der Waals surface area contributed by atoms with Gasteiger partial charge in [-0.15, -0.1) is 0 Å². The van der Waals surface area contributed by atoms with Crippen molar-refractivity contribution < 1.29 is 24.2 Å². The lowest BCUT2D eigenvalue weighted by atomic mass is 10.2. The third-order valence-electron chi connectivity index (χ3n) is 2.41. The molecule has 0 saturated carbocycles. The Hall–Kier alpha value is -1.63. The Labute approximate surface area is 112 Å². The Morgan fingerprint density at radius 1 is 1.21 bits per heavy atom. The van der Waals surface area contributed by atoms with Crippen molar-refractivity contribution in [2.75, 3.05) is 26.8 Å².